The molecule has 0 amide bonds. The van der Waals surface area contributed by atoms with Crippen molar-refractivity contribution in [2.45, 2.75) is 43.2 Å². The molecule has 1 fully saturated rings. The Labute approximate surface area is 156 Å². The van der Waals surface area contributed by atoms with Gasteiger partial charge in [-0.15, -0.1) is 0 Å². The lowest BCUT2D eigenvalue weighted by molar-refractivity contribution is -0.938. The average molecular weight is 372 g/mol. The van der Waals surface area contributed by atoms with E-state index in [0.717, 1.165) is 25.4 Å². The molecule has 0 unspecified atom stereocenters. The van der Waals surface area contributed by atoms with E-state index in [9.17, 15) is 8.42 Å². The van der Waals surface area contributed by atoms with Gasteiger partial charge in [0.25, 0.3) is 0 Å². The van der Waals surface area contributed by atoms with Crippen LogP contribution in [0.3, 0.4) is 0 Å². The SMILES string of the molecule is CC1CC[NH+]([C@@H]2c3ccccc3C[C@H]2NS(=O)(=O)c2ccccc2)CC1. The van der Waals surface area contributed by atoms with Crippen LogP contribution in [-0.2, 0) is 16.4 Å². The molecule has 138 valence electrons. The maximum atomic E-state index is 12.9. The number of fused-ring (bicyclic) bond motifs is 1. The highest BCUT2D eigenvalue weighted by Gasteiger charge is 2.42. The third-order valence-electron chi connectivity index (χ3n) is 5.95. The number of benzene rings is 2. The van der Waals surface area contributed by atoms with Crippen molar-refractivity contribution < 1.29 is 13.3 Å². The van der Waals surface area contributed by atoms with Crippen molar-refractivity contribution in [3.63, 3.8) is 0 Å². The van der Waals surface area contributed by atoms with Gasteiger partial charge in [0, 0.05) is 5.56 Å². The van der Waals surface area contributed by atoms with E-state index in [1.807, 2.05) is 6.07 Å². The van der Waals surface area contributed by atoms with Gasteiger partial charge in [-0.1, -0.05) is 49.4 Å². The van der Waals surface area contributed by atoms with Gasteiger partial charge in [-0.25, -0.2) is 13.1 Å². The van der Waals surface area contributed by atoms with Crippen molar-refractivity contribution in [1.29, 1.82) is 0 Å². The smallest absolute Gasteiger partial charge is 0.241 e. The van der Waals surface area contributed by atoms with Gasteiger partial charge in [-0.2, -0.15) is 0 Å². The Bertz CT molecular complexity index is 859. The van der Waals surface area contributed by atoms with E-state index in [0.29, 0.717) is 4.90 Å². The molecule has 0 radical (unpaired) electrons. The molecule has 4 rings (SSSR count). The van der Waals surface area contributed by atoms with Crippen LogP contribution in [0.4, 0.5) is 0 Å². The van der Waals surface area contributed by atoms with Crippen LogP contribution < -0.4 is 9.62 Å². The normalized spacial score (nSPS) is 28.7. The number of rotatable bonds is 4. The number of hydrogen-bond donors (Lipinski definition) is 2. The van der Waals surface area contributed by atoms with Crippen molar-refractivity contribution in [2.75, 3.05) is 13.1 Å². The number of piperidine rings is 1. The second-order valence-corrected chi connectivity index (χ2v) is 9.48. The van der Waals surface area contributed by atoms with Crippen molar-refractivity contribution in [2.24, 2.45) is 5.92 Å². The average Bonchev–Trinajstić information content (AvgIpc) is 3.00. The molecule has 0 bridgehead atoms. The first-order valence-electron chi connectivity index (χ1n) is 9.54. The third-order valence-corrected chi connectivity index (χ3v) is 7.45. The molecule has 2 aromatic rings. The van der Waals surface area contributed by atoms with E-state index < -0.39 is 10.0 Å². The van der Waals surface area contributed by atoms with Crippen molar-refractivity contribution in [3.05, 3.63) is 65.7 Å². The molecular weight excluding hydrogens is 344 g/mol. The van der Waals surface area contributed by atoms with Crippen molar-refractivity contribution >= 4 is 10.0 Å². The van der Waals surface area contributed by atoms with Gasteiger partial charge in [-0.3, -0.25) is 0 Å². The van der Waals surface area contributed by atoms with Gasteiger partial charge in [0.05, 0.1) is 24.0 Å². The Hall–Kier alpha value is -1.69. The molecule has 4 nitrogen and oxygen atoms in total. The summed E-state index contributed by atoms with van der Waals surface area (Å²) in [6.07, 6.45) is 3.20. The Morgan fingerprint density at radius 3 is 2.35 bits per heavy atom. The van der Waals surface area contributed by atoms with Gasteiger partial charge >= 0.3 is 0 Å². The summed E-state index contributed by atoms with van der Waals surface area (Å²) >= 11 is 0. The third kappa shape index (κ3) is 3.43. The van der Waals surface area contributed by atoms with Crippen molar-refractivity contribution in [1.82, 2.24) is 4.72 Å². The summed E-state index contributed by atoms with van der Waals surface area (Å²) in [5.41, 5.74) is 2.60. The molecular formula is C21H27N2O2S+. The number of sulfonamides is 1. The standard InChI is InChI=1S/C21H26N2O2S/c1-16-11-13-23(14-12-16)21-19-10-6-5-7-17(19)15-20(21)22-26(24,25)18-8-3-2-4-9-18/h2-10,16,20-22H,11-15H2,1H3/p+1/t20-,21-/m1/s1. The minimum absolute atomic E-state index is 0.0824. The topological polar surface area (TPSA) is 50.6 Å². The quantitative estimate of drug-likeness (QED) is 0.863. The first-order valence-corrected chi connectivity index (χ1v) is 11.0. The monoisotopic (exact) mass is 371 g/mol. The van der Waals surface area contributed by atoms with Gasteiger partial charge < -0.3 is 4.90 Å². The molecule has 26 heavy (non-hydrogen) atoms. The van der Waals surface area contributed by atoms with E-state index in [1.165, 1.54) is 28.9 Å². The zero-order valence-corrected chi connectivity index (χ0v) is 16.0. The Morgan fingerprint density at radius 2 is 1.62 bits per heavy atom. The van der Waals surface area contributed by atoms with E-state index in [4.69, 9.17) is 0 Å². The summed E-state index contributed by atoms with van der Waals surface area (Å²) in [4.78, 5) is 1.87. The van der Waals surface area contributed by atoms with E-state index in [-0.39, 0.29) is 12.1 Å². The second kappa shape index (κ2) is 7.14. The summed E-state index contributed by atoms with van der Waals surface area (Å²) in [7, 11) is -3.51. The zero-order valence-electron chi connectivity index (χ0n) is 15.2. The highest BCUT2D eigenvalue weighted by atomic mass is 32.2. The van der Waals surface area contributed by atoms with Crippen LogP contribution in [0.15, 0.2) is 59.5 Å². The minimum Gasteiger partial charge on any atom is -0.327 e. The van der Waals surface area contributed by atoms with Crippen molar-refractivity contribution in [3.8, 4) is 0 Å². The molecule has 2 atom stereocenters. The lowest BCUT2D eigenvalue weighted by Gasteiger charge is -2.35. The van der Waals surface area contributed by atoms with Crippen LogP contribution in [0.25, 0.3) is 0 Å². The maximum Gasteiger partial charge on any atom is 0.241 e. The fourth-order valence-corrected chi connectivity index (χ4v) is 5.79. The molecule has 2 aromatic carbocycles. The first-order chi connectivity index (χ1) is 12.5. The number of nitrogens with one attached hydrogen (secondary N) is 2. The zero-order chi connectivity index (χ0) is 18.1. The second-order valence-electron chi connectivity index (χ2n) is 7.76. The Balaban J connectivity index is 1.62. The fourth-order valence-electron chi connectivity index (χ4n) is 4.52. The Morgan fingerprint density at radius 1 is 0.962 bits per heavy atom. The van der Waals surface area contributed by atoms with Crippen LogP contribution >= 0.6 is 0 Å². The van der Waals surface area contributed by atoms with Gasteiger partial charge in [0.1, 0.15) is 6.04 Å². The van der Waals surface area contributed by atoms with Crippen LogP contribution in [0.5, 0.6) is 0 Å². The van der Waals surface area contributed by atoms with E-state index in [1.54, 1.807) is 24.3 Å². The molecule has 1 aliphatic carbocycles. The molecule has 1 saturated heterocycles. The summed E-state index contributed by atoms with van der Waals surface area (Å²) in [5, 5.41) is 0. The number of hydrogen-bond acceptors (Lipinski definition) is 2. The van der Waals surface area contributed by atoms with Gasteiger partial charge in [-0.05, 0) is 42.9 Å². The summed E-state index contributed by atoms with van der Waals surface area (Å²) in [6, 6.07) is 17.3. The molecule has 1 heterocycles. The highest BCUT2D eigenvalue weighted by Crippen LogP contribution is 2.31. The largest absolute Gasteiger partial charge is 0.327 e. The highest BCUT2D eigenvalue weighted by molar-refractivity contribution is 7.89. The lowest BCUT2D eigenvalue weighted by Crippen LogP contribution is -3.14. The van der Waals surface area contributed by atoms with E-state index in [2.05, 4.69) is 35.9 Å². The molecule has 2 aliphatic rings. The molecule has 2 N–H and O–H groups in total. The van der Waals surface area contributed by atoms with Crippen LogP contribution in [0.1, 0.15) is 36.9 Å². The van der Waals surface area contributed by atoms with Gasteiger partial charge in [0.2, 0.25) is 10.0 Å². The predicted octanol–water partition coefficient (Wildman–Crippen LogP) is 1.95. The molecule has 0 spiro atoms. The van der Waals surface area contributed by atoms with Crippen LogP contribution in [0.2, 0.25) is 0 Å². The predicted molar refractivity (Wildman–Crippen MR) is 103 cm³/mol. The fraction of sp³-hybridized carbons (Fsp3) is 0.429. The van der Waals surface area contributed by atoms with Crippen LogP contribution in [-0.4, -0.2) is 27.5 Å². The molecule has 5 heteroatoms. The maximum absolute atomic E-state index is 12.9. The first kappa shape index (κ1) is 17.7. The molecule has 0 saturated carbocycles. The van der Waals surface area contributed by atoms with Crippen LogP contribution in [0, 0.1) is 5.92 Å². The lowest BCUT2D eigenvalue weighted by atomic mass is 9.95. The Kier molecular flexibility index (Phi) is 4.86. The number of likely N-dealkylation sites (tertiary alicyclic amines) is 1. The number of quaternary nitrogens is 1. The van der Waals surface area contributed by atoms with E-state index >= 15 is 0 Å². The molecule has 1 aliphatic heterocycles. The van der Waals surface area contributed by atoms with Gasteiger partial charge in [0.15, 0.2) is 0 Å². The minimum atomic E-state index is -3.51. The summed E-state index contributed by atoms with van der Waals surface area (Å²) < 4.78 is 28.8. The molecule has 0 aromatic heterocycles. The summed E-state index contributed by atoms with van der Waals surface area (Å²) in [5.74, 6) is 0.773. The summed E-state index contributed by atoms with van der Waals surface area (Å²) in [6.45, 7) is 4.54.